The maximum Gasteiger partial charge on any atom is 0.321 e. The van der Waals surface area contributed by atoms with Gasteiger partial charge in [0.1, 0.15) is 11.6 Å². The van der Waals surface area contributed by atoms with E-state index >= 15 is 0 Å². The summed E-state index contributed by atoms with van der Waals surface area (Å²) in [5.74, 6) is 0.302. The first-order valence-electron chi connectivity index (χ1n) is 10.8. The van der Waals surface area contributed by atoms with Crippen LogP contribution in [-0.2, 0) is 17.8 Å². The minimum Gasteiger partial charge on any atom is -0.378 e. The van der Waals surface area contributed by atoms with Crippen molar-refractivity contribution in [2.45, 2.75) is 13.1 Å². The number of hydrogen-bond acceptors (Lipinski definition) is 7. The minimum atomic E-state index is -0.443. The number of nitrogens with one attached hydrogen (secondary N) is 2. The Kier molecular flexibility index (Phi) is 7.65. The number of morpholine rings is 1. The van der Waals surface area contributed by atoms with Gasteiger partial charge in [0.15, 0.2) is 5.13 Å². The number of pyridine rings is 1. The highest BCUT2D eigenvalue weighted by atomic mass is 32.1. The zero-order valence-electron chi connectivity index (χ0n) is 18.7. The van der Waals surface area contributed by atoms with E-state index in [0.29, 0.717) is 35.2 Å². The lowest BCUT2D eigenvalue weighted by Crippen LogP contribution is -2.36. The molecule has 34 heavy (non-hydrogen) atoms. The second-order valence-electron chi connectivity index (χ2n) is 7.75. The molecule has 1 aliphatic heterocycles. The fourth-order valence-corrected chi connectivity index (χ4v) is 4.13. The van der Waals surface area contributed by atoms with E-state index in [1.165, 1.54) is 23.5 Å². The zero-order valence-corrected chi connectivity index (χ0v) is 19.5. The Hall–Kier alpha value is -3.57. The van der Waals surface area contributed by atoms with E-state index in [1.54, 1.807) is 41.7 Å². The third kappa shape index (κ3) is 6.27. The van der Waals surface area contributed by atoms with Crippen molar-refractivity contribution in [2.24, 2.45) is 0 Å². The van der Waals surface area contributed by atoms with Crippen LogP contribution in [0.5, 0.6) is 0 Å². The van der Waals surface area contributed by atoms with Crippen molar-refractivity contribution in [2.75, 3.05) is 43.6 Å². The molecule has 0 atom stereocenters. The summed E-state index contributed by atoms with van der Waals surface area (Å²) in [4.78, 5) is 37.4. The van der Waals surface area contributed by atoms with Gasteiger partial charge in [-0.3, -0.25) is 10.1 Å². The van der Waals surface area contributed by atoms with E-state index in [9.17, 15) is 14.0 Å². The van der Waals surface area contributed by atoms with Gasteiger partial charge in [-0.2, -0.15) is 0 Å². The normalized spacial score (nSPS) is 13.4. The van der Waals surface area contributed by atoms with E-state index in [4.69, 9.17) is 4.74 Å². The molecule has 1 aliphatic rings. The molecule has 0 spiro atoms. The minimum absolute atomic E-state index is 0.170. The second-order valence-corrected chi connectivity index (χ2v) is 8.61. The van der Waals surface area contributed by atoms with Crippen molar-refractivity contribution in [1.29, 1.82) is 0 Å². The lowest BCUT2D eigenvalue weighted by Gasteiger charge is -2.27. The Balaban J connectivity index is 1.27. The summed E-state index contributed by atoms with van der Waals surface area (Å²) in [5.41, 5.74) is 1.80. The van der Waals surface area contributed by atoms with Gasteiger partial charge in [-0.1, -0.05) is 12.1 Å². The Labute approximate surface area is 200 Å². The summed E-state index contributed by atoms with van der Waals surface area (Å²) >= 11 is 1.26. The van der Waals surface area contributed by atoms with Crippen molar-refractivity contribution in [1.82, 2.24) is 20.2 Å². The van der Waals surface area contributed by atoms with Crippen LogP contribution in [0.15, 0.2) is 48.0 Å². The molecule has 1 saturated heterocycles. The molecule has 0 radical (unpaired) electrons. The Bertz CT molecular complexity index is 1130. The molecule has 1 aromatic carbocycles. The molecule has 2 aromatic heterocycles. The van der Waals surface area contributed by atoms with E-state index < -0.39 is 6.03 Å². The zero-order chi connectivity index (χ0) is 23.9. The molecule has 2 N–H and O–H groups in total. The number of carbonyl (C=O) groups is 2. The Morgan fingerprint density at radius 2 is 2.06 bits per heavy atom. The summed E-state index contributed by atoms with van der Waals surface area (Å²) in [6.07, 6.45) is 1.58. The molecule has 0 aliphatic carbocycles. The van der Waals surface area contributed by atoms with Crippen LogP contribution in [0.2, 0.25) is 0 Å². The molecular formula is C23H25FN6O3S. The van der Waals surface area contributed by atoms with Crippen molar-refractivity contribution in [3.05, 3.63) is 70.6 Å². The number of ether oxygens (including phenoxy) is 1. The van der Waals surface area contributed by atoms with Crippen LogP contribution in [0, 0.1) is 5.82 Å². The van der Waals surface area contributed by atoms with Gasteiger partial charge in [-0.15, -0.1) is 11.3 Å². The summed E-state index contributed by atoms with van der Waals surface area (Å²) in [5, 5.41) is 7.51. The van der Waals surface area contributed by atoms with Gasteiger partial charge in [-0.05, 0) is 29.8 Å². The molecule has 0 saturated carbocycles. The maximum absolute atomic E-state index is 13.2. The van der Waals surface area contributed by atoms with Crippen molar-refractivity contribution in [3.63, 3.8) is 0 Å². The predicted octanol–water partition coefficient (Wildman–Crippen LogP) is 3.11. The number of halogens is 1. The van der Waals surface area contributed by atoms with Crippen molar-refractivity contribution in [3.8, 4) is 0 Å². The summed E-state index contributed by atoms with van der Waals surface area (Å²) < 4.78 is 18.6. The quantitative estimate of drug-likeness (QED) is 0.535. The summed E-state index contributed by atoms with van der Waals surface area (Å²) in [6, 6.07) is 9.20. The molecule has 11 heteroatoms. The lowest BCUT2D eigenvalue weighted by molar-refractivity contribution is 0.0783. The molecule has 0 bridgehead atoms. The number of carbonyl (C=O) groups excluding carboxylic acids is 2. The van der Waals surface area contributed by atoms with Crippen LogP contribution in [-0.4, -0.2) is 60.2 Å². The van der Waals surface area contributed by atoms with Gasteiger partial charge in [0.05, 0.1) is 31.0 Å². The molecule has 4 rings (SSSR count). The molecule has 1 fully saturated rings. The number of anilines is 2. The number of rotatable bonds is 7. The maximum atomic E-state index is 13.2. The fraction of sp³-hybridized carbons (Fsp3) is 0.304. The molecule has 3 aromatic rings. The number of hydrogen-bond donors (Lipinski definition) is 2. The first-order valence-corrected chi connectivity index (χ1v) is 11.6. The van der Waals surface area contributed by atoms with E-state index in [1.807, 2.05) is 6.07 Å². The number of benzene rings is 1. The molecule has 178 valence electrons. The first kappa shape index (κ1) is 23.6. The van der Waals surface area contributed by atoms with Crippen molar-refractivity contribution >= 4 is 34.2 Å². The smallest absolute Gasteiger partial charge is 0.321 e. The van der Waals surface area contributed by atoms with Gasteiger partial charge < -0.3 is 19.9 Å². The van der Waals surface area contributed by atoms with Crippen LogP contribution in [0.4, 0.5) is 20.1 Å². The third-order valence-electron chi connectivity index (χ3n) is 5.19. The molecule has 0 unspecified atom stereocenters. The standard InChI is InChI=1S/C23H25FN6O3S/c1-29(21(31)17-5-6-20(25-13-17)30-7-9-33-10-8-30)14-19-15-34-23(27-19)28-22(32)26-12-16-3-2-4-18(24)11-16/h2-6,11,13,15H,7-10,12,14H2,1H3,(H2,26,27,28,32). The van der Waals surface area contributed by atoms with E-state index in [-0.39, 0.29) is 24.8 Å². The lowest BCUT2D eigenvalue weighted by atomic mass is 10.2. The Morgan fingerprint density at radius 1 is 1.24 bits per heavy atom. The summed E-state index contributed by atoms with van der Waals surface area (Å²) in [7, 11) is 1.69. The number of aromatic nitrogens is 2. The largest absolute Gasteiger partial charge is 0.378 e. The number of amides is 3. The highest BCUT2D eigenvalue weighted by molar-refractivity contribution is 7.13. The molecular weight excluding hydrogens is 459 g/mol. The van der Waals surface area contributed by atoms with Gasteiger partial charge in [0.25, 0.3) is 5.91 Å². The predicted molar refractivity (Wildman–Crippen MR) is 127 cm³/mol. The van der Waals surface area contributed by atoms with Crippen LogP contribution >= 0.6 is 11.3 Å². The Morgan fingerprint density at radius 3 is 2.79 bits per heavy atom. The van der Waals surface area contributed by atoms with Crippen LogP contribution in [0.3, 0.4) is 0 Å². The molecule has 9 nitrogen and oxygen atoms in total. The number of nitrogens with zero attached hydrogens (tertiary/aromatic N) is 4. The third-order valence-corrected chi connectivity index (χ3v) is 6.00. The van der Waals surface area contributed by atoms with Crippen LogP contribution < -0.4 is 15.5 Å². The highest BCUT2D eigenvalue weighted by Gasteiger charge is 2.17. The average molecular weight is 485 g/mol. The van der Waals surface area contributed by atoms with E-state index in [2.05, 4.69) is 25.5 Å². The van der Waals surface area contributed by atoms with Crippen LogP contribution in [0.1, 0.15) is 21.6 Å². The molecule has 3 amide bonds. The van der Waals surface area contributed by atoms with Gasteiger partial charge in [0.2, 0.25) is 0 Å². The van der Waals surface area contributed by atoms with Crippen molar-refractivity contribution < 1.29 is 18.7 Å². The second kappa shape index (κ2) is 11.0. The van der Waals surface area contributed by atoms with Gasteiger partial charge in [-0.25, -0.2) is 19.2 Å². The number of urea groups is 1. The highest BCUT2D eigenvalue weighted by Crippen LogP contribution is 2.18. The van der Waals surface area contributed by atoms with Gasteiger partial charge >= 0.3 is 6.03 Å². The van der Waals surface area contributed by atoms with E-state index in [0.717, 1.165) is 18.9 Å². The fourth-order valence-electron chi connectivity index (χ4n) is 3.43. The monoisotopic (exact) mass is 484 g/mol. The van der Waals surface area contributed by atoms with Gasteiger partial charge in [0, 0.05) is 38.3 Å². The first-order chi connectivity index (χ1) is 16.5. The summed E-state index contributed by atoms with van der Waals surface area (Å²) in [6.45, 7) is 3.38. The molecule has 3 heterocycles. The van der Waals surface area contributed by atoms with Crippen LogP contribution in [0.25, 0.3) is 0 Å². The topological polar surface area (TPSA) is 99.7 Å². The number of thiazole rings is 1. The average Bonchev–Trinajstić information content (AvgIpc) is 3.29. The SMILES string of the molecule is CN(Cc1csc(NC(=O)NCc2cccc(F)c2)n1)C(=O)c1ccc(N2CCOCC2)nc1.